The molecule has 1 saturated heterocycles. The fourth-order valence-electron chi connectivity index (χ4n) is 3.09. The number of thiazole rings is 1. The molecule has 11 heteroatoms. The number of amides is 1. The third-order valence-electron chi connectivity index (χ3n) is 5.35. The van der Waals surface area contributed by atoms with Gasteiger partial charge in [0.05, 0.1) is 19.8 Å². The third-order valence-corrected chi connectivity index (χ3v) is 6.31. The number of aryl methyl sites for hydroxylation is 1. The minimum atomic E-state index is -4.71. The lowest BCUT2D eigenvalue weighted by Crippen LogP contribution is -2.44. The van der Waals surface area contributed by atoms with E-state index in [2.05, 4.69) is 33.9 Å². The molecule has 188 valence electrons. The predicted molar refractivity (Wildman–Crippen MR) is 130 cm³/mol. The molecule has 1 amide bonds. The molecule has 1 aromatic heterocycles. The molecule has 1 aliphatic rings. The van der Waals surface area contributed by atoms with Gasteiger partial charge in [0.1, 0.15) is 10.8 Å². The summed E-state index contributed by atoms with van der Waals surface area (Å²) in [6.45, 7) is 11.8. The van der Waals surface area contributed by atoms with E-state index in [0.717, 1.165) is 21.6 Å². The number of nitrogens with one attached hydrogen (secondary N) is 1. The predicted octanol–water partition coefficient (Wildman–Crippen LogP) is 5.22. The van der Waals surface area contributed by atoms with Crippen LogP contribution in [0, 0.1) is 12.3 Å². The number of ether oxygens (including phenoxy) is 2. The van der Waals surface area contributed by atoms with E-state index >= 15 is 0 Å². The maximum atomic E-state index is 13.0. The van der Waals surface area contributed by atoms with Crippen LogP contribution in [0.1, 0.15) is 36.0 Å². The SMILES string of the molecule is C=NC(=N/C=C(\C)[C@@H](C)NC(=O)c1cc(OCC2(C)COC2)cc(-c2ncc(C)s2)c1)C(F)(F)F. The summed E-state index contributed by atoms with van der Waals surface area (Å²) in [5.74, 6) is -1.25. The molecule has 1 aliphatic heterocycles. The molecule has 1 N–H and O–H groups in total. The molecule has 0 bridgehead atoms. The number of amidine groups is 1. The quantitative estimate of drug-likeness (QED) is 0.392. The Morgan fingerprint density at radius 2 is 2.11 bits per heavy atom. The van der Waals surface area contributed by atoms with Crippen molar-refractivity contribution in [1.29, 1.82) is 0 Å². The summed E-state index contributed by atoms with van der Waals surface area (Å²) in [7, 11) is 0. The molecule has 1 fully saturated rings. The first-order valence-corrected chi connectivity index (χ1v) is 11.6. The van der Waals surface area contributed by atoms with E-state index < -0.39 is 24.0 Å². The smallest absolute Gasteiger partial charge is 0.451 e. The third kappa shape index (κ3) is 6.98. The van der Waals surface area contributed by atoms with Gasteiger partial charge in [-0.25, -0.2) is 15.0 Å². The number of nitrogens with zero attached hydrogens (tertiary/aromatic N) is 3. The molecule has 0 aliphatic carbocycles. The van der Waals surface area contributed by atoms with Crippen LogP contribution >= 0.6 is 11.3 Å². The van der Waals surface area contributed by atoms with Crippen molar-refractivity contribution in [3.8, 4) is 16.3 Å². The van der Waals surface area contributed by atoms with Gasteiger partial charge in [0.25, 0.3) is 5.91 Å². The van der Waals surface area contributed by atoms with Gasteiger partial charge in [-0.2, -0.15) is 13.2 Å². The van der Waals surface area contributed by atoms with E-state index in [4.69, 9.17) is 9.47 Å². The number of carbonyl (C=O) groups is 1. The fraction of sp³-hybridized carbons (Fsp3) is 0.417. The highest BCUT2D eigenvalue weighted by atomic mass is 32.1. The lowest BCUT2D eigenvalue weighted by Gasteiger charge is -2.37. The van der Waals surface area contributed by atoms with Crippen LogP contribution in [0.15, 0.2) is 46.2 Å². The number of benzene rings is 1. The summed E-state index contributed by atoms with van der Waals surface area (Å²) in [4.78, 5) is 24.7. The Bertz CT molecular complexity index is 1150. The molecule has 0 radical (unpaired) electrons. The van der Waals surface area contributed by atoms with Crippen molar-refractivity contribution in [2.24, 2.45) is 15.4 Å². The molecule has 2 aromatic rings. The number of carbonyl (C=O) groups excluding carboxylic acids is 1. The Kier molecular flexibility index (Phi) is 8.11. The Morgan fingerprint density at radius 3 is 2.66 bits per heavy atom. The topological polar surface area (TPSA) is 85.2 Å². The van der Waals surface area contributed by atoms with Crippen molar-refractivity contribution in [3.63, 3.8) is 0 Å². The molecule has 0 saturated carbocycles. The van der Waals surface area contributed by atoms with E-state index in [9.17, 15) is 18.0 Å². The molecule has 0 spiro atoms. The first-order valence-electron chi connectivity index (χ1n) is 10.8. The lowest BCUT2D eigenvalue weighted by atomic mass is 9.90. The van der Waals surface area contributed by atoms with Gasteiger partial charge in [-0.05, 0) is 51.3 Å². The van der Waals surface area contributed by atoms with E-state index in [1.807, 2.05) is 13.0 Å². The van der Waals surface area contributed by atoms with Crippen LogP contribution < -0.4 is 10.1 Å². The Morgan fingerprint density at radius 1 is 1.40 bits per heavy atom. The van der Waals surface area contributed by atoms with Crippen LogP contribution in [0.2, 0.25) is 0 Å². The Labute approximate surface area is 205 Å². The van der Waals surface area contributed by atoms with E-state index in [1.54, 1.807) is 32.2 Å². The summed E-state index contributed by atoms with van der Waals surface area (Å²) in [5, 5.41) is 3.53. The molecule has 35 heavy (non-hydrogen) atoms. The van der Waals surface area contributed by atoms with Crippen LogP contribution in [0.4, 0.5) is 13.2 Å². The van der Waals surface area contributed by atoms with Crippen LogP contribution in [0.3, 0.4) is 0 Å². The molecule has 3 rings (SSSR count). The van der Waals surface area contributed by atoms with E-state index in [-0.39, 0.29) is 5.41 Å². The molecule has 7 nitrogen and oxygen atoms in total. The minimum Gasteiger partial charge on any atom is -0.493 e. The summed E-state index contributed by atoms with van der Waals surface area (Å²) in [6.07, 6.45) is -1.93. The summed E-state index contributed by atoms with van der Waals surface area (Å²) < 4.78 is 49.7. The Hall–Kier alpha value is -3.05. The zero-order valence-corrected chi connectivity index (χ0v) is 20.7. The van der Waals surface area contributed by atoms with Crippen molar-refractivity contribution in [2.45, 2.75) is 39.9 Å². The van der Waals surface area contributed by atoms with Gasteiger partial charge >= 0.3 is 6.18 Å². The summed E-state index contributed by atoms with van der Waals surface area (Å²) in [5.41, 5.74) is 1.40. The second-order valence-corrected chi connectivity index (χ2v) is 10.0. The van der Waals surface area contributed by atoms with E-state index in [0.29, 0.717) is 36.7 Å². The van der Waals surface area contributed by atoms with Crippen molar-refractivity contribution in [2.75, 3.05) is 19.8 Å². The van der Waals surface area contributed by atoms with E-state index in [1.165, 1.54) is 11.3 Å². The molecule has 1 atom stereocenters. The zero-order chi connectivity index (χ0) is 25.8. The maximum absolute atomic E-state index is 13.0. The van der Waals surface area contributed by atoms with Crippen molar-refractivity contribution in [1.82, 2.24) is 10.3 Å². The highest BCUT2D eigenvalue weighted by Crippen LogP contribution is 2.32. The van der Waals surface area contributed by atoms with Gasteiger partial charge in [-0.1, -0.05) is 6.92 Å². The minimum absolute atomic E-state index is 0.0807. The number of alkyl halides is 3. The average molecular weight is 509 g/mol. The second-order valence-electron chi connectivity index (χ2n) is 8.79. The first-order chi connectivity index (χ1) is 16.4. The van der Waals surface area contributed by atoms with Gasteiger partial charge in [-0.15, -0.1) is 11.3 Å². The molecule has 1 aromatic carbocycles. The zero-order valence-electron chi connectivity index (χ0n) is 19.9. The number of rotatable bonds is 8. The number of aliphatic imine (C=N–C) groups is 2. The number of aromatic nitrogens is 1. The van der Waals surface area contributed by atoms with Gasteiger partial charge < -0.3 is 14.8 Å². The van der Waals surface area contributed by atoms with Crippen LogP contribution in [-0.4, -0.2) is 55.5 Å². The van der Waals surface area contributed by atoms with Gasteiger partial charge in [0.15, 0.2) is 0 Å². The highest BCUT2D eigenvalue weighted by Gasteiger charge is 2.35. The normalized spacial score (nSPS) is 16.9. The van der Waals surface area contributed by atoms with Crippen LogP contribution in [0.25, 0.3) is 10.6 Å². The van der Waals surface area contributed by atoms with Gasteiger partial charge in [-0.3, -0.25) is 4.79 Å². The monoisotopic (exact) mass is 508 g/mol. The van der Waals surface area contributed by atoms with Gasteiger partial charge in [0.2, 0.25) is 5.84 Å². The summed E-state index contributed by atoms with van der Waals surface area (Å²) >= 11 is 1.49. The number of hydrogen-bond donors (Lipinski definition) is 1. The Balaban J connectivity index is 1.81. The standard InChI is InChI=1S/C24H27F3N4O3S/c1-14(9-30-22(28-5)24(25,26)27)16(3)31-20(32)17-6-18(21-29-10-15(2)35-21)8-19(7-17)34-13-23(4)11-33-12-23/h6-10,16H,5,11-13H2,1-4H3,(H,31,32)/b14-9+,30-22?/t16-/m1/s1. The largest absolute Gasteiger partial charge is 0.493 e. The van der Waals surface area contributed by atoms with Crippen molar-refractivity contribution < 1.29 is 27.4 Å². The van der Waals surface area contributed by atoms with Gasteiger partial charge in [0, 0.05) is 39.9 Å². The molecule has 2 heterocycles. The lowest BCUT2D eigenvalue weighted by molar-refractivity contribution is -0.120. The molecule has 0 unspecified atom stereocenters. The second kappa shape index (κ2) is 10.7. The van der Waals surface area contributed by atoms with Crippen molar-refractivity contribution >= 4 is 29.8 Å². The number of halogens is 3. The first kappa shape index (κ1) is 26.6. The van der Waals surface area contributed by atoms with Crippen LogP contribution in [0.5, 0.6) is 5.75 Å². The highest BCUT2D eigenvalue weighted by molar-refractivity contribution is 7.14. The molecular weight excluding hydrogens is 481 g/mol. The maximum Gasteiger partial charge on any atom is 0.451 e. The number of hydrogen-bond acceptors (Lipinski definition) is 6. The van der Waals surface area contributed by atoms with Crippen LogP contribution in [-0.2, 0) is 4.74 Å². The average Bonchev–Trinajstić information content (AvgIpc) is 3.21. The fourth-order valence-corrected chi connectivity index (χ4v) is 3.84. The molecular formula is C24H27F3N4O3S. The summed E-state index contributed by atoms with van der Waals surface area (Å²) in [6, 6.07) is 4.59. The van der Waals surface area contributed by atoms with Crippen molar-refractivity contribution in [3.05, 3.63) is 46.6 Å².